The van der Waals surface area contributed by atoms with Crippen LogP contribution < -0.4 is 15.4 Å². The van der Waals surface area contributed by atoms with Gasteiger partial charge in [-0.1, -0.05) is 12.1 Å². The third kappa shape index (κ3) is 3.05. The number of rotatable bonds is 5. The molecule has 0 bridgehead atoms. The molecule has 3 rings (SSSR count). The zero-order valence-electron chi connectivity index (χ0n) is 12.8. The van der Waals surface area contributed by atoms with Gasteiger partial charge in [0.15, 0.2) is 0 Å². The summed E-state index contributed by atoms with van der Waals surface area (Å²) in [5.74, 6) is 1.56. The van der Waals surface area contributed by atoms with Crippen molar-refractivity contribution in [2.75, 3.05) is 13.7 Å². The van der Waals surface area contributed by atoms with E-state index < -0.39 is 5.54 Å². The number of methoxy groups -OCH3 is 1. The molecule has 0 radical (unpaired) electrons. The van der Waals surface area contributed by atoms with Crippen LogP contribution in [0.2, 0.25) is 0 Å². The Bertz CT molecular complexity index is 502. The summed E-state index contributed by atoms with van der Waals surface area (Å²) in [5.41, 5.74) is 0.771. The van der Waals surface area contributed by atoms with Crippen LogP contribution in [0.15, 0.2) is 24.3 Å². The second kappa shape index (κ2) is 5.68. The van der Waals surface area contributed by atoms with Crippen LogP contribution in [-0.4, -0.2) is 25.1 Å². The summed E-state index contributed by atoms with van der Waals surface area (Å²) in [6, 6.07) is 8.18. The molecule has 1 saturated carbocycles. The number of hydrogen-bond donors (Lipinski definition) is 2. The molecule has 2 fully saturated rings. The average molecular weight is 288 g/mol. The molecule has 21 heavy (non-hydrogen) atoms. The molecule has 2 aliphatic rings. The highest BCUT2D eigenvalue weighted by Crippen LogP contribution is 2.41. The molecule has 4 nitrogen and oxygen atoms in total. The first kappa shape index (κ1) is 14.4. The minimum Gasteiger partial charge on any atom is -0.497 e. The fourth-order valence-electron chi connectivity index (χ4n) is 3.10. The van der Waals surface area contributed by atoms with Gasteiger partial charge in [-0.3, -0.25) is 4.79 Å². The van der Waals surface area contributed by atoms with Crippen LogP contribution in [0.5, 0.6) is 5.75 Å². The van der Waals surface area contributed by atoms with Gasteiger partial charge in [0.05, 0.1) is 18.7 Å². The van der Waals surface area contributed by atoms with Crippen molar-refractivity contribution in [1.82, 2.24) is 10.6 Å². The van der Waals surface area contributed by atoms with Gasteiger partial charge in [-0.05, 0) is 62.8 Å². The minimum absolute atomic E-state index is 0.127. The molecule has 1 aliphatic heterocycles. The molecule has 2 atom stereocenters. The standard InChI is InChI=1S/C17H24N2O2/c1-17(10-3-11-18-17)16(20)19-15(12-4-5-12)13-6-8-14(21-2)9-7-13/h6-9,12,15,18H,3-5,10-11H2,1-2H3,(H,19,20). The third-order valence-electron chi connectivity index (χ3n) is 4.72. The highest BCUT2D eigenvalue weighted by Gasteiger charge is 2.40. The normalized spacial score (nSPS) is 26.4. The first-order chi connectivity index (χ1) is 10.1. The predicted molar refractivity (Wildman–Crippen MR) is 82.2 cm³/mol. The van der Waals surface area contributed by atoms with Crippen molar-refractivity contribution in [3.05, 3.63) is 29.8 Å². The smallest absolute Gasteiger partial charge is 0.240 e. The van der Waals surface area contributed by atoms with Crippen LogP contribution >= 0.6 is 0 Å². The van der Waals surface area contributed by atoms with E-state index in [0.717, 1.165) is 25.1 Å². The Hall–Kier alpha value is -1.55. The molecular weight excluding hydrogens is 264 g/mol. The fraction of sp³-hybridized carbons (Fsp3) is 0.588. The predicted octanol–water partition coefficient (Wildman–Crippen LogP) is 2.40. The first-order valence-electron chi connectivity index (χ1n) is 7.82. The summed E-state index contributed by atoms with van der Waals surface area (Å²) in [5, 5.41) is 6.61. The molecule has 2 N–H and O–H groups in total. The highest BCUT2D eigenvalue weighted by molar-refractivity contribution is 5.86. The second-order valence-electron chi connectivity index (χ2n) is 6.42. The van der Waals surface area contributed by atoms with Gasteiger partial charge in [-0.2, -0.15) is 0 Å². The lowest BCUT2D eigenvalue weighted by atomic mass is 9.96. The Morgan fingerprint density at radius 2 is 2.10 bits per heavy atom. The number of nitrogens with one attached hydrogen (secondary N) is 2. The maximum Gasteiger partial charge on any atom is 0.240 e. The fourth-order valence-corrected chi connectivity index (χ4v) is 3.10. The van der Waals surface area contributed by atoms with Crippen LogP contribution in [-0.2, 0) is 4.79 Å². The van der Waals surface area contributed by atoms with Crippen molar-refractivity contribution < 1.29 is 9.53 Å². The van der Waals surface area contributed by atoms with Gasteiger partial charge in [0, 0.05) is 0 Å². The van der Waals surface area contributed by atoms with Gasteiger partial charge in [0.25, 0.3) is 0 Å². The van der Waals surface area contributed by atoms with E-state index in [-0.39, 0.29) is 11.9 Å². The lowest BCUT2D eigenvalue weighted by molar-refractivity contribution is -0.127. The molecule has 0 aromatic heterocycles. The maximum atomic E-state index is 12.6. The topological polar surface area (TPSA) is 50.4 Å². The van der Waals surface area contributed by atoms with E-state index in [0.29, 0.717) is 5.92 Å². The molecule has 2 unspecified atom stereocenters. The van der Waals surface area contributed by atoms with Crippen molar-refractivity contribution in [2.24, 2.45) is 5.92 Å². The summed E-state index contributed by atoms with van der Waals surface area (Å²) in [6.07, 6.45) is 4.38. The molecule has 1 heterocycles. The van der Waals surface area contributed by atoms with Crippen LogP contribution in [0.4, 0.5) is 0 Å². The van der Waals surface area contributed by atoms with Crippen molar-refractivity contribution >= 4 is 5.91 Å². The number of carbonyl (C=O) groups excluding carboxylic acids is 1. The van der Waals surface area contributed by atoms with Gasteiger partial charge in [0.1, 0.15) is 5.75 Å². The molecule has 4 heteroatoms. The molecule has 114 valence electrons. The Labute approximate surface area is 126 Å². The Kier molecular flexibility index (Phi) is 3.89. The van der Waals surface area contributed by atoms with Crippen molar-refractivity contribution in [3.8, 4) is 5.75 Å². The van der Waals surface area contributed by atoms with Gasteiger partial charge in [-0.15, -0.1) is 0 Å². The summed E-state index contributed by atoms with van der Waals surface area (Å²) in [7, 11) is 1.67. The van der Waals surface area contributed by atoms with E-state index in [2.05, 4.69) is 22.8 Å². The number of hydrogen-bond acceptors (Lipinski definition) is 3. The van der Waals surface area contributed by atoms with Crippen molar-refractivity contribution in [1.29, 1.82) is 0 Å². The van der Waals surface area contributed by atoms with Crippen LogP contribution in [0.25, 0.3) is 0 Å². The molecular formula is C17H24N2O2. The quantitative estimate of drug-likeness (QED) is 0.875. The third-order valence-corrected chi connectivity index (χ3v) is 4.72. The molecule has 1 aromatic carbocycles. The SMILES string of the molecule is COc1ccc(C(NC(=O)C2(C)CCCN2)C2CC2)cc1. The number of carbonyl (C=O) groups is 1. The van der Waals surface area contributed by atoms with Crippen LogP contribution in [0.3, 0.4) is 0 Å². The number of ether oxygens (including phenoxy) is 1. The van der Waals surface area contributed by atoms with E-state index in [4.69, 9.17) is 4.74 Å². The van der Waals surface area contributed by atoms with E-state index >= 15 is 0 Å². The van der Waals surface area contributed by atoms with Gasteiger partial charge in [0.2, 0.25) is 5.91 Å². The molecule has 1 amide bonds. The summed E-state index contributed by atoms with van der Waals surface area (Å²) in [4.78, 5) is 12.6. The second-order valence-corrected chi connectivity index (χ2v) is 6.42. The molecule has 1 aromatic rings. The highest BCUT2D eigenvalue weighted by atomic mass is 16.5. The Balaban J connectivity index is 1.73. The van der Waals surface area contributed by atoms with Gasteiger partial charge >= 0.3 is 0 Å². The maximum absolute atomic E-state index is 12.6. The number of amides is 1. The van der Waals surface area contributed by atoms with E-state index in [1.54, 1.807) is 7.11 Å². The Morgan fingerprint density at radius 3 is 2.62 bits per heavy atom. The molecule has 1 saturated heterocycles. The first-order valence-corrected chi connectivity index (χ1v) is 7.82. The van der Waals surface area contributed by atoms with Gasteiger partial charge in [-0.25, -0.2) is 0 Å². The zero-order valence-corrected chi connectivity index (χ0v) is 12.8. The summed E-state index contributed by atoms with van der Waals surface area (Å²) < 4.78 is 5.21. The largest absolute Gasteiger partial charge is 0.497 e. The lowest BCUT2D eigenvalue weighted by Crippen LogP contribution is -2.52. The monoisotopic (exact) mass is 288 g/mol. The molecule has 0 spiro atoms. The van der Waals surface area contributed by atoms with Crippen molar-refractivity contribution in [2.45, 2.75) is 44.2 Å². The minimum atomic E-state index is -0.403. The van der Waals surface area contributed by atoms with E-state index in [1.165, 1.54) is 18.4 Å². The Morgan fingerprint density at radius 1 is 1.38 bits per heavy atom. The van der Waals surface area contributed by atoms with Crippen molar-refractivity contribution in [3.63, 3.8) is 0 Å². The van der Waals surface area contributed by atoms with Gasteiger partial charge < -0.3 is 15.4 Å². The van der Waals surface area contributed by atoms with E-state index in [9.17, 15) is 4.79 Å². The summed E-state index contributed by atoms with van der Waals surface area (Å²) >= 11 is 0. The summed E-state index contributed by atoms with van der Waals surface area (Å²) in [6.45, 7) is 2.94. The number of benzene rings is 1. The average Bonchev–Trinajstić information content (AvgIpc) is 3.25. The van der Waals surface area contributed by atoms with Crippen LogP contribution in [0.1, 0.15) is 44.2 Å². The molecule has 1 aliphatic carbocycles. The lowest BCUT2D eigenvalue weighted by Gasteiger charge is -2.27. The zero-order chi connectivity index (χ0) is 14.9. The van der Waals surface area contributed by atoms with E-state index in [1.807, 2.05) is 19.1 Å². The van der Waals surface area contributed by atoms with Crippen LogP contribution in [0, 0.1) is 5.92 Å².